The van der Waals surface area contributed by atoms with Gasteiger partial charge in [-0.3, -0.25) is 4.79 Å². The molecule has 6 N–H and O–H groups in total. The van der Waals surface area contributed by atoms with E-state index in [2.05, 4.69) is 34.1 Å². The quantitative estimate of drug-likeness (QED) is 0.216. The number of nitrogens with one attached hydrogen (secondary N) is 3. The highest BCUT2D eigenvalue weighted by molar-refractivity contribution is 5.92. The Bertz CT molecular complexity index is 1380. The normalized spacial score (nSPS) is 12.4. The molecule has 2 aromatic carbocycles. The monoisotopic (exact) mass is 491 g/mol. The van der Waals surface area contributed by atoms with Crippen LogP contribution in [0.1, 0.15) is 29.8 Å². The molecule has 2 aromatic heterocycles. The zero-order valence-electron chi connectivity index (χ0n) is 20.1. The number of aliphatic hydroxyl groups excluding tert-OH is 1. The molecule has 2 heterocycles. The third-order valence-electron chi connectivity index (χ3n) is 5.57. The SMILES string of the molecule is CC(C)(Cc1ccc(Oc2ccc(C(N)=O)cn2)cc1)NC[C@H](O)COc1cccc2[nH]c(=O)[nH]c12. The van der Waals surface area contributed by atoms with Crippen molar-refractivity contribution in [1.29, 1.82) is 0 Å². The Balaban J connectivity index is 1.26. The Hall–Kier alpha value is -4.15. The Morgan fingerprint density at radius 1 is 1.14 bits per heavy atom. The number of nitrogens with two attached hydrogens (primary N) is 1. The Morgan fingerprint density at radius 2 is 1.92 bits per heavy atom. The van der Waals surface area contributed by atoms with Crippen molar-refractivity contribution in [3.05, 3.63) is 82.4 Å². The Kier molecular flexibility index (Phi) is 7.37. The van der Waals surface area contributed by atoms with Crippen LogP contribution in [0.2, 0.25) is 0 Å². The minimum absolute atomic E-state index is 0.0793. The highest BCUT2D eigenvalue weighted by Crippen LogP contribution is 2.23. The number of amides is 1. The first-order valence-corrected chi connectivity index (χ1v) is 11.5. The molecule has 0 aliphatic heterocycles. The number of carbonyl (C=O) groups is 1. The maximum Gasteiger partial charge on any atom is 0.323 e. The molecular formula is C26H29N5O5. The minimum Gasteiger partial charge on any atom is -0.489 e. The molecule has 0 radical (unpaired) electrons. The number of aliphatic hydroxyl groups is 1. The van der Waals surface area contributed by atoms with Crippen molar-refractivity contribution >= 4 is 16.9 Å². The highest BCUT2D eigenvalue weighted by atomic mass is 16.5. The number of hydrogen-bond acceptors (Lipinski definition) is 7. The maximum atomic E-state index is 11.5. The fourth-order valence-electron chi connectivity index (χ4n) is 3.75. The number of imidazole rings is 1. The van der Waals surface area contributed by atoms with Crippen molar-refractivity contribution < 1.29 is 19.4 Å². The van der Waals surface area contributed by atoms with Crippen molar-refractivity contribution in [2.24, 2.45) is 5.73 Å². The van der Waals surface area contributed by atoms with Crippen LogP contribution < -0.4 is 26.2 Å². The second-order valence-corrected chi connectivity index (χ2v) is 9.16. The zero-order valence-corrected chi connectivity index (χ0v) is 20.1. The molecule has 188 valence electrons. The third kappa shape index (κ3) is 6.49. The Morgan fingerprint density at radius 3 is 2.61 bits per heavy atom. The molecule has 0 bridgehead atoms. The standard InChI is InChI=1S/C26H29N5O5/c1-26(2,29-14-18(32)15-35-21-5-3-4-20-23(21)31-25(34)30-20)12-16-6-9-19(10-7-16)36-22-11-8-17(13-28-22)24(27)33/h3-11,13,18,29,32H,12,14-15H2,1-2H3,(H2,27,33)(H2,30,31,34)/t18-/m0/s1. The number of para-hydroxylation sites is 1. The van der Waals surface area contributed by atoms with Gasteiger partial charge in [0, 0.05) is 24.3 Å². The van der Waals surface area contributed by atoms with Gasteiger partial charge in [0.2, 0.25) is 11.8 Å². The molecule has 0 aliphatic rings. The van der Waals surface area contributed by atoms with Gasteiger partial charge in [-0.15, -0.1) is 0 Å². The van der Waals surface area contributed by atoms with Crippen molar-refractivity contribution in [3.63, 3.8) is 0 Å². The van der Waals surface area contributed by atoms with Crippen LogP contribution in [0.4, 0.5) is 0 Å². The summed E-state index contributed by atoms with van der Waals surface area (Å²) < 4.78 is 11.5. The van der Waals surface area contributed by atoms with E-state index in [0.29, 0.717) is 40.5 Å². The molecule has 0 saturated carbocycles. The summed E-state index contributed by atoms with van der Waals surface area (Å²) in [6.07, 6.45) is 1.35. The molecule has 36 heavy (non-hydrogen) atoms. The van der Waals surface area contributed by atoms with Gasteiger partial charge in [-0.05, 0) is 56.2 Å². The number of nitrogens with zero attached hydrogens (tertiary/aromatic N) is 1. The van der Waals surface area contributed by atoms with Crippen LogP contribution in [0, 0.1) is 0 Å². The summed E-state index contributed by atoms with van der Waals surface area (Å²) in [4.78, 5) is 32.1. The van der Waals surface area contributed by atoms with Crippen LogP contribution in [-0.4, -0.2) is 50.8 Å². The molecule has 10 heteroatoms. The summed E-state index contributed by atoms with van der Waals surface area (Å²) in [5.41, 5.74) is 7.26. The molecule has 1 atom stereocenters. The molecule has 0 fully saturated rings. The highest BCUT2D eigenvalue weighted by Gasteiger charge is 2.20. The van der Waals surface area contributed by atoms with E-state index < -0.39 is 12.0 Å². The van der Waals surface area contributed by atoms with Gasteiger partial charge in [0.25, 0.3) is 0 Å². The van der Waals surface area contributed by atoms with E-state index in [1.807, 2.05) is 24.3 Å². The predicted octanol–water partition coefficient (Wildman–Crippen LogP) is 2.49. The number of hydrogen-bond donors (Lipinski definition) is 5. The number of rotatable bonds is 11. The van der Waals surface area contributed by atoms with Crippen LogP contribution in [0.15, 0.2) is 65.6 Å². The minimum atomic E-state index is -0.741. The van der Waals surface area contributed by atoms with E-state index in [-0.39, 0.29) is 17.8 Å². The zero-order chi connectivity index (χ0) is 25.7. The van der Waals surface area contributed by atoms with Crippen molar-refractivity contribution in [2.75, 3.05) is 13.2 Å². The lowest BCUT2D eigenvalue weighted by Crippen LogP contribution is -2.46. The topological polar surface area (TPSA) is 155 Å². The van der Waals surface area contributed by atoms with E-state index in [9.17, 15) is 14.7 Å². The predicted molar refractivity (Wildman–Crippen MR) is 135 cm³/mol. The van der Waals surface area contributed by atoms with Crippen LogP contribution in [0.25, 0.3) is 11.0 Å². The largest absolute Gasteiger partial charge is 0.489 e. The summed E-state index contributed by atoms with van der Waals surface area (Å²) in [5.74, 6) is 0.951. The Labute approximate surface area is 207 Å². The number of aromatic amines is 2. The summed E-state index contributed by atoms with van der Waals surface area (Å²) in [5, 5.41) is 13.8. The molecule has 4 rings (SSSR count). The average Bonchev–Trinajstić information content (AvgIpc) is 3.23. The lowest BCUT2D eigenvalue weighted by molar-refractivity contribution is 0.0994. The fourth-order valence-corrected chi connectivity index (χ4v) is 3.75. The van der Waals surface area contributed by atoms with E-state index in [0.717, 1.165) is 12.0 Å². The van der Waals surface area contributed by atoms with Gasteiger partial charge < -0.3 is 35.6 Å². The number of β-amino-alcohol motifs (C(OH)–C–C–N with tert-alkyl or cyclic N) is 1. The first-order chi connectivity index (χ1) is 17.2. The molecule has 0 saturated heterocycles. The number of fused-ring (bicyclic) bond motifs is 1. The lowest BCUT2D eigenvalue weighted by Gasteiger charge is -2.28. The third-order valence-corrected chi connectivity index (χ3v) is 5.57. The summed E-state index contributed by atoms with van der Waals surface area (Å²) in [7, 11) is 0. The van der Waals surface area contributed by atoms with Crippen LogP contribution in [-0.2, 0) is 6.42 Å². The molecule has 4 aromatic rings. The number of aromatic nitrogens is 3. The number of carbonyl (C=O) groups excluding carboxylic acids is 1. The summed E-state index contributed by atoms with van der Waals surface area (Å²) in [6, 6.07) is 16.1. The molecule has 10 nitrogen and oxygen atoms in total. The number of H-pyrrole nitrogens is 2. The summed E-state index contributed by atoms with van der Waals surface area (Å²) >= 11 is 0. The van der Waals surface area contributed by atoms with E-state index in [1.165, 1.54) is 6.20 Å². The van der Waals surface area contributed by atoms with Gasteiger partial charge >= 0.3 is 5.69 Å². The first-order valence-electron chi connectivity index (χ1n) is 11.5. The molecule has 0 spiro atoms. The van der Waals surface area contributed by atoms with Gasteiger partial charge in [-0.2, -0.15) is 0 Å². The van der Waals surface area contributed by atoms with Crippen LogP contribution in [0.3, 0.4) is 0 Å². The van der Waals surface area contributed by atoms with E-state index in [4.69, 9.17) is 15.2 Å². The van der Waals surface area contributed by atoms with Crippen LogP contribution in [0.5, 0.6) is 17.4 Å². The number of ether oxygens (including phenoxy) is 2. The van der Waals surface area contributed by atoms with Crippen molar-refractivity contribution in [1.82, 2.24) is 20.3 Å². The number of pyridine rings is 1. The second kappa shape index (κ2) is 10.6. The van der Waals surface area contributed by atoms with Crippen molar-refractivity contribution in [3.8, 4) is 17.4 Å². The maximum absolute atomic E-state index is 11.5. The number of benzene rings is 2. The molecule has 1 amide bonds. The van der Waals surface area contributed by atoms with Crippen LogP contribution >= 0.6 is 0 Å². The molecule has 0 unspecified atom stereocenters. The first kappa shape index (κ1) is 25.0. The van der Waals surface area contributed by atoms with Gasteiger partial charge in [0.05, 0.1) is 11.1 Å². The smallest absolute Gasteiger partial charge is 0.323 e. The van der Waals surface area contributed by atoms with E-state index >= 15 is 0 Å². The van der Waals surface area contributed by atoms with Gasteiger partial charge in [-0.25, -0.2) is 9.78 Å². The summed E-state index contributed by atoms with van der Waals surface area (Å²) in [6.45, 7) is 4.53. The lowest BCUT2D eigenvalue weighted by atomic mass is 9.94. The molecule has 0 aliphatic carbocycles. The van der Waals surface area contributed by atoms with Gasteiger partial charge in [0.1, 0.15) is 29.7 Å². The van der Waals surface area contributed by atoms with Crippen molar-refractivity contribution in [2.45, 2.75) is 31.9 Å². The van der Waals surface area contributed by atoms with E-state index in [1.54, 1.807) is 30.3 Å². The molecular weight excluding hydrogens is 462 g/mol. The second-order valence-electron chi connectivity index (χ2n) is 9.16. The number of primary amides is 1. The van der Waals surface area contributed by atoms with Gasteiger partial charge in [0.15, 0.2) is 0 Å². The van der Waals surface area contributed by atoms with Gasteiger partial charge in [-0.1, -0.05) is 18.2 Å². The average molecular weight is 492 g/mol. The fraction of sp³-hybridized carbons (Fsp3) is 0.269.